The highest BCUT2D eigenvalue weighted by Gasteiger charge is 2.08. The van der Waals surface area contributed by atoms with Crippen molar-refractivity contribution in [3.05, 3.63) is 28.2 Å². The van der Waals surface area contributed by atoms with Gasteiger partial charge in [0.1, 0.15) is 5.75 Å². The van der Waals surface area contributed by atoms with Gasteiger partial charge in [-0.15, -0.1) is 0 Å². The molecule has 0 aliphatic heterocycles. The number of benzene rings is 1. The number of carbonyl (C=O) groups is 1. The van der Waals surface area contributed by atoms with Crippen molar-refractivity contribution in [3.63, 3.8) is 0 Å². The average Bonchev–Trinajstić information content (AvgIpc) is 2.36. The van der Waals surface area contributed by atoms with Gasteiger partial charge in [0.05, 0.1) is 18.2 Å². The van der Waals surface area contributed by atoms with Gasteiger partial charge in [-0.3, -0.25) is 4.79 Å². The summed E-state index contributed by atoms with van der Waals surface area (Å²) in [5.41, 5.74) is 1.10. The van der Waals surface area contributed by atoms with Gasteiger partial charge >= 0.3 is 0 Å². The summed E-state index contributed by atoms with van der Waals surface area (Å²) in [5, 5.41) is 2.89. The van der Waals surface area contributed by atoms with Gasteiger partial charge in [0.2, 0.25) is 5.91 Å². The van der Waals surface area contributed by atoms with Crippen LogP contribution in [0.15, 0.2) is 22.7 Å². The van der Waals surface area contributed by atoms with Crippen molar-refractivity contribution in [1.29, 1.82) is 0 Å². The van der Waals surface area contributed by atoms with Gasteiger partial charge in [-0.05, 0) is 47.0 Å². The van der Waals surface area contributed by atoms with Crippen LogP contribution in [0.3, 0.4) is 0 Å². The second kappa shape index (κ2) is 8.17. The van der Waals surface area contributed by atoms with E-state index < -0.39 is 0 Å². The van der Waals surface area contributed by atoms with Gasteiger partial charge in [-0.1, -0.05) is 6.07 Å². The van der Waals surface area contributed by atoms with E-state index >= 15 is 0 Å². The molecule has 1 atom stereocenters. The zero-order chi connectivity index (χ0) is 14.3. The van der Waals surface area contributed by atoms with Crippen molar-refractivity contribution in [2.45, 2.75) is 25.8 Å². The number of aryl methyl sites for hydroxylation is 1. The molecule has 1 aromatic rings. The number of hydrogen-bond acceptors (Lipinski definition) is 3. The lowest BCUT2D eigenvalue weighted by molar-refractivity contribution is -0.122. The average molecular weight is 330 g/mol. The minimum Gasteiger partial charge on any atom is -0.496 e. The third-order valence-corrected chi connectivity index (χ3v) is 3.30. The van der Waals surface area contributed by atoms with Crippen LogP contribution < -0.4 is 10.1 Å². The molecule has 1 aromatic carbocycles. The summed E-state index contributed by atoms with van der Waals surface area (Å²) in [6.07, 6.45) is 1.17. The van der Waals surface area contributed by atoms with E-state index in [4.69, 9.17) is 9.47 Å². The van der Waals surface area contributed by atoms with Crippen LogP contribution in [-0.4, -0.2) is 32.8 Å². The number of hydrogen-bond donors (Lipinski definition) is 1. The quantitative estimate of drug-likeness (QED) is 0.836. The van der Waals surface area contributed by atoms with Crippen molar-refractivity contribution in [1.82, 2.24) is 5.32 Å². The normalized spacial score (nSPS) is 12.0. The van der Waals surface area contributed by atoms with Gasteiger partial charge in [0.15, 0.2) is 0 Å². The first-order valence-corrected chi connectivity index (χ1v) is 6.96. The van der Waals surface area contributed by atoms with E-state index in [1.54, 1.807) is 14.2 Å². The summed E-state index contributed by atoms with van der Waals surface area (Å²) in [6.45, 7) is 2.45. The van der Waals surface area contributed by atoms with Crippen LogP contribution in [0.5, 0.6) is 5.75 Å². The molecule has 0 saturated carbocycles. The van der Waals surface area contributed by atoms with Crippen molar-refractivity contribution < 1.29 is 14.3 Å². The first-order valence-electron chi connectivity index (χ1n) is 6.17. The van der Waals surface area contributed by atoms with Gasteiger partial charge in [0, 0.05) is 19.6 Å². The van der Waals surface area contributed by atoms with Crippen LogP contribution in [0.1, 0.15) is 18.9 Å². The lowest BCUT2D eigenvalue weighted by atomic mass is 10.1. The number of amides is 1. The summed E-state index contributed by atoms with van der Waals surface area (Å²) < 4.78 is 11.0. The van der Waals surface area contributed by atoms with Crippen molar-refractivity contribution >= 4 is 21.8 Å². The molecule has 0 aliphatic carbocycles. The molecule has 1 rings (SSSR count). The molecule has 106 valence electrons. The number of methoxy groups -OCH3 is 2. The molecule has 1 amide bonds. The SMILES string of the molecule is COCC(C)NC(=O)CCc1ccc(OC)c(Br)c1. The van der Waals surface area contributed by atoms with Crippen molar-refractivity contribution in [3.8, 4) is 5.75 Å². The molecule has 0 spiro atoms. The Bertz CT molecular complexity index is 423. The van der Waals surface area contributed by atoms with E-state index in [-0.39, 0.29) is 11.9 Å². The Balaban J connectivity index is 2.44. The molecule has 1 unspecified atom stereocenters. The van der Waals surface area contributed by atoms with Gasteiger partial charge < -0.3 is 14.8 Å². The Hall–Kier alpha value is -1.07. The van der Waals surface area contributed by atoms with E-state index in [2.05, 4.69) is 21.2 Å². The summed E-state index contributed by atoms with van der Waals surface area (Å²) in [5.74, 6) is 0.832. The highest BCUT2D eigenvalue weighted by molar-refractivity contribution is 9.10. The lowest BCUT2D eigenvalue weighted by Gasteiger charge is -2.12. The van der Waals surface area contributed by atoms with Crippen LogP contribution in [0.25, 0.3) is 0 Å². The summed E-state index contributed by atoms with van der Waals surface area (Å²) in [6, 6.07) is 5.88. The molecule has 0 aliphatic rings. The van der Waals surface area contributed by atoms with E-state index in [1.165, 1.54) is 0 Å². The summed E-state index contributed by atoms with van der Waals surface area (Å²) in [4.78, 5) is 11.7. The highest BCUT2D eigenvalue weighted by atomic mass is 79.9. The molecule has 0 saturated heterocycles. The molecule has 0 aromatic heterocycles. The standard InChI is InChI=1S/C14H20BrNO3/c1-10(9-18-2)16-14(17)7-5-11-4-6-13(19-3)12(15)8-11/h4,6,8,10H,5,7,9H2,1-3H3,(H,16,17). The molecule has 19 heavy (non-hydrogen) atoms. The Morgan fingerprint density at radius 2 is 2.16 bits per heavy atom. The number of ether oxygens (including phenoxy) is 2. The summed E-state index contributed by atoms with van der Waals surface area (Å²) >= 11 is 3.43. The second-order valence-corrected chi connectivity index (χ2v) is 5.25. The fourth-order valence-corrected chi connectivity index (χ4v) is 2.35. The number of carbonyl (C=O) groups excluding carboxylic acids is 1. The third kappa shape index (κ3) is 5.61. The van der Waals surface area contributed by atoms with E-state index in [0.717, 1.165) is 15.8 Å². The molecule has 5 heteroatoms. The zero-order valence-corrected chi connectivity index (χ0v) is 13.1. The minimum absolute atomic E-state index is 0.0384. The van der Waals surface area contributed by atoms with Crippen LogP contribution in [0, 0.1) is 0 Å². The fourth-order valence-electron chi connectivity index (χ4n) is 1.76. The molecule has 4 nitrogen and oxygen atoms in total. The van der Waals surface area contributed by atoms with Crippen LogP contribution in [0.2, 0.25) is 0 Å². The van der Waals surface area contributed by atoms with Crippen LogP contribution in [0.4, 0.5) is 0 Å². The Kier molecular flexibility index (Phi) is 6.87. The van der Waals surface area contributed by atoms with Gasteiger partial charge in [0.25, 0.3) is 0 Å². The molecule has 0 radical (unpaired) electrons. The number of halogens is 1. The maximum atomic E-state index is 11.7. The van der Waals surface area contributed by atoms with Crippen molar-refractivity contribution in [2.75, 3.05) is 20.8 Å². The Morgan fingerprint density at radius 1 is 1.42 bits per heavy atom. The van der Waals surface area contributed by atoms with Crippen molar-refractivity contribution in [2.24, 2.45) is 0 Å². The van der Waals surface area contributed by atoms with Crippen LogP contribution in [-0.2, 0) is 16.0 Å². The van der Waals surface area contributed by atoms with Gasteiger partial charge in [-0.25, -0.2) is 0 Å². The molecule has 0 fully saturated rings. The Labute approximate surface area is 122 Å². The third-order valence-electron chi connectivity index (χ3n) is 2.68. The van der Waals surface area contributed by atoms with E-state index in [9.17, 15) is 4.79 Å². The monoisotopic (exact) mass is 329 g/mol. The maximum absolute atomic E-state index is 11.7. The minimum atomic E-state index is 0.0384. The largest absolute Gasteiger partial charge is 0.496 e. The lowest BCUT2D eigenvalue weighted by Crippen LogP contribution is -2.35. The van der Waals surface area contributed by atoms with E-state index in [1.807, 2.05) is 25.1 Å². The number of nitrogens with one attached hydrogen (secondary N) is 1. The molecule has 0 heterocycles. The first kappa shape index (κ1) is 16.0. The topological polar surface area (TPSA) is 47.6 Å². The smallest absolute Gasteiger partial charge is 0.220 e. The van der Waals surface area contributed by atoms with Gasteiger partial charge in [-0.2, -0.15) is 0 Å². The summed E-state index contributed by atoms with van der Waals surface area (Å²) in [7, 11) is 3.25. The predicted octanol–water partition coefficient (Wildman–Crippen LogP) is 2.54. The maximum Gasteiger partial charge on any atom is 0.220 e. The molecular formula is C14H20BrNO3. The Morgan fingerprint density at radius 3 is 2.74 bits per heavy atom. The highest BCUT2D eigenvalue weighted by Crippen LogP contribution is 2.25. The second-order valence-electron chi connectivity index (χ2n) is 4.39. The van der Waals surface area contributed by atoms with E-state index in [0.29, 0.717) is 19.4 Å². The zero-order valence-electron chi connectivity index (χ0n) is 11.5. The predicted molar refractivity (Wildman–Crippen MR) is 78.5 cm³/mol. The molecule has 1 N–H and O–H groups in total. The van der Waals surface area contributed by atoms with Crippen LogP contribution >= 0.6 is 15.9 Å². The molecular weight excluding hydrogens is 310 g/mol. The molecule has 0 bridgehead atoms. The fraction of sp³-hybridized carbons (Fsp3) is 0.500. The number of rotatable bonds is 7. The first-order chi connectivity index (χ1) is 9.06.